The van der Waals surface area contributed by atoms with Crippen molar-refractivity contribution < 1.29 is 0 Å². The average Bonchev–Trinajstić information content (AvgIpc) is 3.82. The largest absolute Gasteiger partial charge is 0.308 e. The molecule has 11 rings (SSSR count). The van der Waals surface area contributed by atoms with Gasteiger partial charge in [0.05, 0.1) is 17.2 Å². The number of para-hydroxylation sites is 1. The molecule has 0 aliphatic carbocycles. The summed E-state index contributed by atoms with van der Waals surface area (Å²) in [6.45, 7) is 0. The third-order valence-electron chi connectivity index (χ3n) is 10.6. The summed E-state index contributed by atoms with van der Waals surface area (Å²) in [5.41, 5.74) is 11.1. The Morgan fingerprint density at radius 2 is 0.857 bits per heavy atom. The first-order chi connectivity index (χ1) is 27.7. The summed E-state index contributed by atoms with van der Waals surface area (Å²) in [4.78, 5) is 19.3. The fourth-order valence-electron chi connectivity index (χ4n) is 7.79. The van der Waals surface area contributed by atoms with E-state index in [1.807, 2.05) is 73.1 Å². The molecular weight excluding hydrogens is 703 g/mol. The van der Waals surface area contributed by atoms with Gasteiger partial charge in [0.15, 0.2) is 17.5 Å². The van der Waals surface area contributed by atoms with Crippen molar-refractivity contribution in [1.29, 1.82) is 0 Å². The molecular formula is C50H31N5S. The summed E-state index contributed by atoms with van der Waals surface area (Å²) in [6.07, 6.45) is 3.84. The molecule has 0 amide bonds. The maximum Gasteiger partial charge on any atom is 0.164 e. The zero-order chi connectivity index (χ0) is 37.0. The fraction of sp³-hybridized carbons (Fsp3) is 0. The third kappa shape index (κ3) is 5.54. The van der Waals surface area contributed by atoms with E-state index in [1.54, 1.807) is 11.3 Å². The molecule has 7 aromatic carbocycles. The van der Waals surface area contributed by atoms with Crippen molar-refractivity contribution in [3.8, 4) is 62.1 Å². The van der Waals surface area contributed by atoms with E-state index in [1.165, 1.54) is 58.7 Å². The molecule has 0 aliphatic heterocycles. The van der Waals surface area contributed by atoms with Crippen LogP contribution in [-0.4, -0.2) is 24.5 Å². The number of benzene rings is 7. The lowest BCUT2D eigenvalue weighted by molar-refractivity contribution is 1.07. The molecule has 6 heteroatoms. The second-order valence-electron chi connectivity index (χ2n) is 13.9. The van der Waals surface area contributed by atoms with Gasteiger partial charge in [-0.05, 0) is 64.7 Å². The van der Waals surface area contributed by atoms with Gasteiger partial charge >= 0.3 is 0 Å². The minimum Gasteiger partial charge on any atom is -0.308 e. The maximum absolute atomic E-state index is 4.96. The van der Waals surface area contributed by atoms with E-state index in [0.717, 1.165) is 27.9 Å². The predicted octanol–water partition coefficient (Wildman–Crippen LogP) is 13.1. The Bertz CT molecular complexity index is 3170. The van der Waals surface area contributed by atoms with Crippen LogP contribution in [0.4, 0.5) is 0 Å². The first-order valence-electron chi connectivity index (χ1n) is 18.6. The normalized spacial score (nSPS) is 11.6. The van der Waals surface area contributed by atoms with Gasteiger partial charge in [0, 0.05) is 59.5 Å². The van der Waals surface area contributed by atoms with Crippen molar-refractivity contribution in [2.24, 2.45) is 0 Å². The fourth-order valence-corrected chi connectivity index (χ4v) is 8.98. The van der Waals surface area contributed by atoms with Crippen LogP contribution in [0.1, 0.15) is 0 Å². The molecule has 0 saturated carbocycles. The highest BCUT2D eigenvalue weighted by molar-refractivity contribution is 7.25. The van der Waals surface area contributed by atoms with Gasteiger partial charge in [-0.2, -0.15) is 0 Å². The summed E-state index contributed by atoms with van der Waals surface area (Å²) in [6, 6.07) is 61.9. The minimum absolute atomic E-state index is 0.662. The standard InChI is InChI=1S/C50H31N5S/c1-4-10-34(11-5-1)48-52-49(35-12-6-2-7-13-35)54-50(53-48)38-21-24-42-41-23-20-37(29-46(41)56-47(42)30-38)33-18-16-32(17-19-33)36-22-25-44-43(28-36)40-26-27-51-31-45(40)55(44)39-14-8-3-9-15-39/h1-31H. The Morgan fingerprint density at radius 3 is 1.48 bits per heavy atom. The van der Waals surface area contributed by atoms with Crippen molar-refractivity contribution in [2.45, 2.75) is 0 Å². The highest BCUT2D eigenvalue weighted by Crippen LogP contribution is 2.39. The zero-order valence-electron chi connectivity index (χ0n) is 30.0. The molecule has 5 nitrogen and oxygen atoms in total. The Morgan fingerprint density at radius 1 is 0.357 bits per heavy atom. The van der Waals surface area contributed by atoms with Gasteiger partial charge < -0.3 is 4.57 Å². The molecule has 0 saturated heterocycles. The van der Waals surface area contributed by atoms with Gasteiger partial charge in [-0.1, -0.05) is 133 Å². The van der Waals surface area contributed by atoms with Gasteiger partial charge in [-0.15, -0.1) is 11.3 Å². The SMILES string of the molecule is c1ccc(-c2nc(-c3ccccc3)nc(-c3ccc4c(c3)sc3cc(-c5ccc(-c6ccc7c(c6)c6ccncc6n7-c6ccccc6)cc5)ccc34)n2)cc1. The van der Waals surface area contributed by atoms with Crippen molar-refractivity contribution in [2.75, 3.05) is 0 Å². The molecule has 0 aliphatic rings. The van der Waals surface area contributed by atoms with E-state index in [4.69, 9.17) is 15.0 Å². The number of pyridine rings is 1. The molecule has 0 fully saturated rings. The van der Waals surface area contributed by atoms with Crippen molar-refractivity contribution in [1.82, 2.24) is 24.5 Å². The maximum atomic E-state index is 4.96. The van der Waals surface area contributed by atoms with E-state index in [2.05, 4.69) is 125 Å². The lowest BCUT2D eigenvalue weighted by atomic mass is 9.98. The molecule has 0 atom stereocenters. The highest BCUT2D eigenvalue weighted by atomic mass is 32.1. The van der Waals surface area contributed by atoms with Gasteiger partial charge in [0.1, 0.15) is 0 Å². The molecule has 0 bridgehead atoms. The molecule has 4 aromatic heterocycles. The molecule has 0 unspecified atom stereocenters. The van der Waals surface area contributed by atoms with E-state index in [0.29, 0.717) is 17.5 Å². The van der Waals surface area contributed by atoms with Crippen LogP contribution in [-0.2, 0) is 0 Å². The number of aromatic nitrogens is 5. The summed E-state index contributed by atoms with van der Waals surface area (Å²) >= 11 is 1.81. The van der Waals surface area contributed by atoms with Gasteiger partial charge in [-0.3, -0.25) is 4.98 Å². The van der Waals surface area contributed by atoms with Crippen molar-refractivity contribution >= 4 is 53.3 Å². The van der Waals surface area contributed by atoms with Gasteiger partial charge in [-0.25, -0.2) is 15.0 Å². The second kappa shape index (κ2) is 13.2. The Labute approximate surface area is 326 Å². The van der Waals surface area contributed by atoms with Crippen LogP contribution in [0, 0.1) is 0 Å². The number of fused-ring (bicyclic) bond motifs is 6. The van der Waals surface area contributed by atoms with Crippen LogP contribution in [0.3, 0.4) is 0 Å². The van der Waals surface area contributed by atoms with Gasteiger partial charge in [0.25, 0.3) is 0 Å². The van der Waals surface area contributed by atoms with Crippen molar-refractivity contribution in [3.63, 3.8) is 0 Å². The topological polar surface area (TPSA) is 56.5 Å². The Kier molecular flexibility index (Phi) is 7.60. The first kappa shape index (κ1) is 32.2. The number of nitrogens with zero attached hydrogens (tertiary/aromatic N) is 5. The second-order valence-corrected chi connectivity index (χ2v) is 15.0. The van der Waals surface area contributed by atoms with Crippen LogP contribution in [0.2, 0.25) is 0 Å². The summed E-state index contributed by atoms with van der Waals surface area (Å²) < 4.78 is 4.75. The first-order valence-corrected chi connectivity index (χ1v) is 19.4. The molecule has 11 aromatic rings. The smallest absolute Gasteiger partial charge is 0.164 e. The van der Waals surface area contributed by atoms with E-state index < -0.39 is 0 Å². The van der Waals surface area contributed by atoms with Gasteiger partial charge in [0.2, 0.25) is 0 Å². The van der Waals surface area contributed by atoms with Crippen LogP contribution in [0.15, 0.2) is 188 Å². The van der Waals surface area contributed by atoms with E-state index in [9.17, 15) is 0 Å². The number of thiophene rings is 1. The number of hydrogen-bond acceptors (Lipinski definition) is 5. The molecule has 56 heavy (non-hydrogen) atoms. The Hall–Kier alpha value is -7.28. The lowest BCUT2D eigenvalue weighted by Gasteiger charge is -2.08. The lowest BCUT2D eigenvalue weighted by Crippen LogP contribution is -1.99. The molecule has 0 spiro atoms. The average molecular weight is 734 g/mol. The highest BCUT2D eigenvalue weighted by Gasteiger charge is 2.16. The molecule has 0 radical (unpaired) electrons. The van der Waals surface area contributed by atoms with E-state index in [-0.39, 0.29) is 0 Å². The molecule has 0 N–H and O–H groups in total. The molecule has 4 heterocycles. The van der Waals surface area contributed by atoms with Crippen LogP contribution in [0.5, 0.6) is 0 Å². The Balaban J connectivity index is 0.929. The van der Waals surface area contributed by atoms with Crippen LogP contribution >= 0.6 is 11.3 Å². The summed E-state index contributed by atoms with van der Waals surface area (Å²) in [5, 5.41) is 4.90. The zero-order valence-corrected chi connectivity index (χ0v) is 30.9. The minimum atomic E-state index is 0.662. The monoisotopic (exact) mass is 733 g/mol. The van der Waals surface area contributed by atoms with E-state index >= 15 is 0 Å². The van der Waals surface area contributed by atoms with Crippen LogP contribution < -0.4 is 0 Å². The van der Waals surface area contributed by atoms with Crippen molar-refractivity contribution in [3.05, 3.63) is 188 Å². The summed E-state index contributed by atoms with van der Waals surface area (Å²) in [5.74, 6) is 1.99. The summed E-state index contributed by atoms with van der Waals surface area (Å²) in [7, 11) is 0. The quantitative estimate of drug-likeness (QED) is 0.171. The predicted molar refractivity (Wildman–Crippen MR) is 232 cm³/mol. The third-order valence-corrected chi connectivity index (χ3v) is 11.7. The van der Waals surface area contributed by atoms with Crippen LogP contribution in [0.25, 0.3) is 104 Å². The molecule has 262 valence electrons. The number of hydrogen-bond donors (Lipinski definition) is 0. The number of rotatable bonds is 6.